The summed E-state index contributed by atoms with van der Waals surface area (Å²) in [5.74, 6) is 0.695. The molecule has 0 radical (unpaired) electrons. The Hall–Kier alpha value is -2.69. The molecular formula is C23H19ClN2OS. The van der Waals surface area contributed by atoms with Gasteiger partial charge in [0.15, 0.2) is 0 Å². The highest BCUT2D eigenvalue weighted by Gasteiger charge is 2.13. The summed E-state index contributed by atoms with van der Waals surface area (Å²) in [6.07, 6.45) is 0. The van der Waals surface area contributed by atoms with Crippen LogP contribution in [0, 0.1) is 0 Å². The fourth-order valence-electron chi connectivity index (χ4n) is 3.10. The highest BCUT2D eigenvalue weighted by molar-refractivity contribution is 7.99. The number of carbonyl (C=O) groups excluding carboxylic acids is 1. The summed E-state index contributed by atoms with van der Waals surface area (Å²) >= 11 is 7.63. The lowest BCUT2D eigenvalue weighted by molar-refractivity contribution is 0.0956. The lowest BCUT2D eigenvalue weighted by atomic mass is 10.1. The van der Waals surface area contributed by atoms with E-state index in [-0.39, 0.29) is 5.91 Å². The van der Waals surface area contributed by atoms with E-state index in [0.717, 1.165) is 22.5 Å². The summed E-state index contributed by atoms with van der Waals surface area (Å²) < 4.78 is 0. The Morgan fingerprint density at radius 2 is 1.64 bits per heavy atom. The van der Waals surface area contributed by atoms with Gasteiger partial charge in [-0.15, -0.1) is 11.8 Å². The van der Waals surface area contributed by atoms with E-state index in [0.29, 0.717) is 17.1 Å². The number of fused-ring (bicyclic) bond motifs is 1. The maximum atomic E-state index is 12.2. The van der Waals surface area contributed by atoms with Crippen LogP contribution in [-0.2, 0) is 0 Å². The average Bonchev–Trinajstić information content (AvgIpc) is 3.11. The van der Waals surface area contributed by atoms with E-state index < -0.39 is 0 Å². The van der Waals surface area contributed by atoms with Gasteiger partial charge >= 0.3 is 0 Å². The number of para-hydroxylation sites is 1. The summed E-state index contributed by atoms with van der Waals surface area (Å²) in [4.78, 5) is 17.0. The monoisotopic (exact) mass is 406 g/mol. The van der Waals surface area contributed by atoms with Crippen molar-refractivity contribution in [1.29, 1.82) is 0 Å². The average molecular weight is 407 g/mol. The third-order valence-corrected chi connectivity index (χ3v) is 5.83. The molecule has 3 nitrogen and oxygen atoms in total. The van der Waals surface area contributed by atoms with Gasteiger partial charge in [0.2, 0.25) is 0 Å². The molecule has 1 heterocycles. The van der Waals surface area contributed by atoms with Crippen LogP contribution in [0.25, 0.3) is 22.2 Å². The summed E-state index contributed by atoms with van der Waals surface area (Å²) in [6, 6.07) is 25.6. The molecule has 0 aliphatic rings. The zero-order valence-corrected chi connectivity index (χ0v) is 16.7. The van der Waals surface area contributed by atoms with Crippen LogP contribution >= 0.6 is 23.4 Å². The summed E-state index contributed by atoms with van der Waals surface area (Å²) in [6.45, 7) is 0.583. The number of hydrogen-bond donors (Lipinski definition) is 2. The van der Waals surface area contributed by atoms with Gasteiger partial charge in [-0.1, -0.05) is 60.1 Å². The van der Waals surface area contributed by atoms with Crippen molar-refractivity contribution in [3.63, 3.8) is 0 Å². The van der Waals surface area contributed by atoms with Gasteiger partial charge in [-0.05, 0) is 35.9 Å². The Kier molecular flexibility index (Phi) is 5.70. The van der Waals surface area contributed by atoms with Crippen LogP contribution in [0.3, 0.4) is 0 Å². The van der Waals surface area contributed by atoms with Crippen molar-refractivity contribution in [2.45, 2.75) is 4.90 Å². The van der Waals surface area contributed by atoms with Crippen LogP contribution in [0.15, 0.2) is 83.8 Å². The predicted octanol–water partition coefficient (Wildman–Crippen LogP) is 6.01. The SMILES string of the molecule is O=C(NCCSc1c(-c2ccccc2)[nH]c2ccccc12)c1ccc(Cl)cc1. The van der Waals surface area contributed by atoms with E-state index in [1.54, 1.807) is 36.0 Å². The van der Waals surface area contributed by atoms with Gasteiger partial charge < -0.3 is 10.3 Å². The van der Waals surface area contributed by atoms with Crippen LogP contribution < -0.4 is 5.32 Å². The molecule has 0 unspecified atom stereocenters. The largest absolute Gasteiger partial charge is 0.354 e. The molecule has 1 aromatic heterocycles. The van der Waals surface area contributed by atoms with Crippen LogP contribution in [0.2, 0.25) is 5.02 Å². The summed E-state index contributed by atoms with van der Waals surface area (Å²) in [5, 5.41) is 4.80. The normalized spacial score (nSPS) is 10.9. The summed E-state index contributed by atoms with van der Waals surface area (Å²) in [7, 11) is 0. The second kappa shape index (κ2) is 8.55. The first-order chi connectivity index (χ1) is 13.7. The molecule has 1 amide bonds. The smallest absolute Gasteiger partial charge is 0.251 e. The Morgan fingerprint density at radius 1 is 0.929 bits per heavy atom. The number of aromatic amines is 1. The number of carbonyl (C=O) groups is 1. The van der Waals surface area contributed by atoms with E-state index in [9.17, 15) is 4.79 Å². The maximum absolute atomic E-state index is 12.2. The van der Waals surface area contributed by atoms with E-state index in [2.05, 4.69) is 40.6 Å². The quantitative estimate of drug-likeness (QED) is 0.304. The van der Waals surface area contributed by atoms with Crippen molar-refractivity contribution >= 4 is 40.2 Å². The van der Waals surface area contributed by atoms with Gasteiger partial charge in [-0.2, -0.15) is 0 Å². The van der Waals surface area contributed by atoms with Crippen molar-refractivity contribution in [1.82, 2.24) is 10.3 Å². The van der Waals surface area contributed by atoms with E-state index in [1.807, 2.05) is 24.3 Å². The molecule has 4 aromatic rings. The first kappa shape index (κ1) is 18.7. The third-order valence-electron chi connectivity index (χ3n) is 4.46. The number of H-pyrrole nitrogens is 1. The second-order valence-corrected chi connectivity index (χ2v) is 7.89. The molecule has 0 fully saturated rings. The van der Waals surface area contributed by atoms with Crippen LogP contribution in [0.4, 0.5) is 0 Å². The number of benzene rings is 3. The van der Waals surface area contributed by atoms with Crippen molar-refractivity contribution < 1.29 is 4.79 Å². The van der Waals surface area contributed by atoms with Gasteiger partial charge in [0.05, 0.1) is 5.69 Å². The summed E-state index contributed by atoms with van der Waals surface area (Å²) in [5.41, 5.74) is 4.02. The molecule has 0 saturated carbocycles. The Morgan fingerprint density at radius 3 is 2.43 bits per heavy atom. The van der Waals surface area contributed by atoms with Crippen LogP contribution in [0.5, 0.6) is 0 Å². The van der Waals surface area contributed by atoms with E-state index in [1.165, 1.54) is 10.3 Å². The number of halogens is 1. The molecule has 140 valence electrons. The van der Waals surface area contributed by atoms with E-state index >= 15 is 0 Å². The Bertz CT molecular complexity index is 1090. The number of aromatic nitrogens is 1. The van der Waals surface area contributed by atoms with Crippen molar-refractivity contribution in [2.75, 3.05) is 12.3 Å². The molecule has 0 saturated heterocycles. The molecule has 0 aliphatic heterocycles. The van der Waals surface area contributed by atoms with Crippen molar-refractivity contribution in [2.24, 2.45) is 0 Å². The standard InChI is InChI=1S/C23H19ClN2OS/c24-18-12-10-17(11-13-18)23(27)25-14-15-28-22-19-8-4-5-9-20(19)26-21(22)16-6-2-1-3-7-16/h1-13,26H,14-15H2,(H,25,27). The minimum Gasteiger partial charge on any atom is -0.354 e. The van der Waals surface area contributed by atoms with Gasteiger partial charge in [-0.3, -0.25) is 4.79 Å². The van der Waals surface area contributed by atoms with Crippen LogP contribution in [-0.4, -0.2) is 23.2 Å². The molecule has 2 N–H and O–H groups in total. The number of nitrogens with one attached hydrogen (secondary N) is 2. The third kappa shape index (κ3) is 4.08. The second-order valence-electron chi connectivity index (χ2n) is 6.35. The Labute approximate surface area is 173 Å². The maximum Gasteiger partial charge on any atom is 0.251 e. The van der Waals surface area contributed by atoms with Crippen molar-refractivity contribution in [3.05, 3.63) is 89.4 Å². The molecule has 4 rings (SSSR count). The highest BCUT2D eigenvalue weighted by Crippen LogP contribution is 2.37. The van der Waals surface area contributed by atoms with Gasteiger partial charge in [0.25, 0.3) is 5.91 Å². The first-order valence-electron chi connectivity index (χ1n) is 9.05. The van der Waals surface area contributed by atoms with Gasteiger partial charge in [0.1, 0.15) is 0 Å². The number of hydrogen-bond acceptors (Lipinski definition) is 2. The highest BCUT2D eigenvalue weighted by atomic mass is 35.5. The minimum absolute atomic E-state index is 0.0838. The Balaban J connectivity index is 1.47. The fraction of sp³-hybridized carbons (Fsp3) is 0.0870. The molecule has 5 heteroatoms. The van der Waals surface area contributed by atoms with Crippen LogP contribution in [0.1, 0.15) is 10.4 Å². The molecule has 28 heavy (non-hydrogen) atoms. The van der Waals surface area contributed by atoms with Gasteiger partial charge in [-0.25, -0.2) is 0 Å². The fourth-order valence-corrected chi connectivity index (χ4v) is 4.28. The van der Waals surface area contributed by atoms with Gasteiger partial charge in [0, 0.05) is 38.7 Å². The zero-order valence-electron chi connectivity index (χ0n) is 15.1. The number of thioether (sulfide) groups is 1. The molecule has 0 bridgehead atoms. The molecule has 3 aromatic carbocycles. The zero-order chi connectivity index (χ0) is 19.3. The number of amides is 1. The van der Waals surface area contributed by atoms with Crippen molar-refractivity contribution in [3.8, 4) is 11.3 Å². The lowest BCUT2D eigenvalue weighted by Gasteiger charge is -2.07. The van der Waals surface area contributed by atoms with E-state index in [4.69, 9.17) is 11.6 Å². The molecule has 0 atom stereocenters. The first-order valence-corrected chi connectivity index (χ1v) is 10.4. The number of rotatable bonds is 6. The molecular weight excluding hydrogens is 388 g/mol. The lowest BCUT2D eigenvalue weighted by Crippen LogP contribution is -2.25. The topological polar surface area (TPSA) is 44.9 Å². The molecule has 0 spiro atoms. The minimum atomic E-state index is -0.0838. The molecule has 0 aliphatic carbocycles. The predicted molar refractivity (Wildman–Crippen MR) is 118 cm³/mol.